The molecule has 62 heavy (non-hydrogen) atoms. The molecule has 0 aliphatic heterocycles. The topological polar surface area (TPSA) is 72.5 Å². The van der Waals surface area contributed by atoms with Gasteiger partial charge in [-0.25, -0.2) is 0 Å². The first-order chi connectivity index (χ1) is 30.6. The average molecular weight is 819 g/mol. The van der Waals surface area contributed by atoms with Crippen LogP contribution in [0.3, 0.4) is 0 Å². The summed E-state index contributed by atoms with van der Waals surface area (Å²) in [4.78, 5) is 15.0. The smallest absolute Gasteiger partial charge is 0.203 e. The molecule has 0 amide bonds. The first-order valence-corrected chi connectivity index (χ1v) is 20.6. The van der Waals surface area contributed by atoms with Gasteiger partial charge in [0.1, 0.15) is 39.6 Å². The van der Waals surface area contributed by atoms with Gasteiger partial charge in [0.15, 0.2) is 28.8 Å². The van der Waals surface area contributed by atoms with Crippen molar-refractivity contribution >= 4 is 5.78 Å². The summed E-state index contributed by atoms with van der Waals surface area (Å²) in [6.45, 7) is 1.46. The SMILES string of the molecule is O=C(c1cc(OCc2ccccc2)c(OCc2ccccc2)c(OCc2ccccc2)c1)c1cc(OCc2ccccc2)c(OCc2ccccc2)c(OCc2ccccc2)c1. The van der Waals surface area contributed by atoms with E-state index >= 15 is 4.79 Å². The van der Waals surface area contributed by atoms with Crippen molar-refractivity contribution in [1.29, 1.82) is 0 Å². The van der Waals surface area contributed by atoms with Crippen LogP contribution >= 0.6 is 0 Å². The van der Waals surface area contributed by atoms with Gasteiger partial charge < -0.3 is 28.4 Å². The third-order valence-corrected chi connectivity index (χ3v) is 9.97. The van der Waals surface area contributed by atoms with Crippen molar-refractivity contribution in [3.05, 3.63) is 251 Å². The number of hydrogen-bond donors (Lipinski definition) is 0. The maximum atomic E-state index is 15.0. The molecule has 0 aliphatic carbocycles. The molecule has 0 fully saturated rings. The Balaban J connectivity index is 1.21. The van der Waals surface area contributed by atoms with Crippen molar-refractivity contribution in [3.63, 3.8) is 0 Å². The van der Waals surface area contributed by atoms with E-state index in [1.165, 1.54) is 0 Å². The van der Waals surface area contributed by atoms with Crippen LogP contribution in [0.2, 0.25) is 0 Å². The molecular weight excluding hydrogens is 773 g/mol. The Morgan fingerprint density at radius 3 is 0.677 bits per heavy atom. The lowest BCUT2D eigenvalue weighted by atomic mass is 10.0. The maximum Gasteiger partial charge on any atom is 0.203 e. The second-order valence-corrected chi connectivity index (χ2v) is 14.6. The number of hydrogen-bond acceptors (Lipinski definition) is 7. The van der Waals surface area contributed by atoms with Crippen LogP contribution in [0.15, 0.2) is 206 Å². The average Bonchev–Trinajstić information content (AvgIpc) is 3.34. The quantitative estimate of drug-likeness (QED) is 0.0709. The molecule has 0 saturated heterocycles. The van der Waals surface area contributed by atoms with E-state index in [1.807, 2.05) is 182 Å². The molecule has 0 radical (unpaired) electrons. The van der Waals surface area contributed by atoms with E-state index < -0.39 is 0 Å². The highest BCUT2D eigenvalue weighted by Gasteiger charge is 2.24. The van der Waals surface area contributed by atoms with Crippen molar-refractivity contribution in [2.45, 2.75) is 39.6 Å². The predicted octanol–water partition coefficient (Wildman–Crippen LogP) is 12.4. The molecule has 0 spiro atoms. The minimum Gasteiger partial charge on any atom is -0.485 e. The summed E-state index contributed by atoms with van der Waals surface area (Å²) in [5, 5.41) is 0. The molecule has 0 aliphatic rings. The summed E-state index contributed by atoms with van der Waals surface area (Å²) in [5.74, 6) is 1.93. The zero-order valence-corrected chi connectivity index (χ0v) is 34.2. The standard InChI is InChI=1S/C55H46O7/c56-53(47-31-49(57-35-41-19-7-1-8-20-41)54(61-39-45-27-15-5-16-28-45)50(32-47)58-36-42-21-9-2-10-22-42)48-33-51(59-37-43-23-11-3-12-24-43)55(62-40-46-29-17-6-18-30-46)52(34-48)60-38-44-25-13-4-14-26-44/h1-34H,35-40H2. The molecule has 8 aromatic carbocycles. The fourth-order valence-electron chi connectivity index (χ4n) is 6.70. The zero-order chi connectivity index (χ0) is 42.2. The Morgan fingerprint density at radius 2 is 0.468 bits per heavy atom. The van der Waals surface area contributed by atoms with Crippen LogP contribution in [0.1, 0.15) is 49.3 Å². The van der Waals surface area contributed by atoms with Crippen LogP contribution in [0, 0.1) is 0 Å². The number of carbonyl (C=O) groups is 1. The summed E-state index contributed by atoms with van der Waals surface area (Å²) in [6, 6.07) is 66.1. The normalized spacial score (nSPS) is 10.7. The van der Waals surface area contributed by atoms with Gasteiger partial charge >= 0.3 is 0 Å². The van der Waals surface area contributed by atoms with Gasteiger partial charge in [0.2, 0.25) is 11.5 Å². The molecule has 0 atom stereocenters. The van der Waals surface area contributed by atoms with E-state index in [4.69, 9.17) is 28.4 Å². The van der Waals surface area contributed by atoms with Crippen LogP contribution < -0.4 is 28.4 Å². The van der Waals surface area contributed by atoms with Crippen molar-refractivity contribution in [2.24, 2.45) is 0 Å². The first-order valence-electron chi connectivity index (χ1n) is 20.6. The molecule has 0 unspecified atom stereocenters. The van der Waals surface area contributed by atoms with Gasteiger partial charge in [0, 0.05) is 11.1 Å². The molecule has 0 saturated carbocycles. The third-order valence-electron chi connectivity index (χ3n) is 9.97. The molecule has 7 heteroatoms. The van der Waals surface area contributed by atoms with Crippen molar-refractivity contribution < 1.29 is 33.2 Å². The van der Waals surface area contributed by atoms with E-state index in [1.54, 1.807) is 24.3 Å². The summed E-state index contributed by atoms with van der Waals surface area (Å²) < 4.78 is 39.1. The number of ketones is 1. The second-order valence-electron chi connectivity index (χ2n) is 14.6. The summed E-state index contributed by atoms with van der Waals surface area (Å²) >= 11 is 0. The minimum atomic E-state index is -0.308. The molecule has 8 aromatic rings. The lowest BCUT2D eigenvalue weighted by Crippen LogP contribution is -2.09. The van der Waals surface area contributed by atoms with Gasteiger partial charge in [-0.2, -0.15) is 0 Å². The van der Waals surface area contributed by atoms with Gasteiger partial charge in [0.25, 0.3) is 0 Å². The largest absolute Gasteiger partial charge is 0.485 e. The van der Waals surface area contributed by atoms with E-state index in [0.29, 0.717) is 45.6 Å². The Kier molecular flexibility index (Phi) is 13.9. The Hall–Kier alpha value is -7.77. The van der Waals surface area contributed by atoms with Crippen molar-refractivity contribution in [3.8, 4) is 34.5 Å². The highest BCUT2D eigenvalue weighted by molar-refractivity contribution is 6.10. The lowest BCUT2D eigenvalue weighted by Gasteiger charge is -2.20. The second kappa shape index (κ2) is 21.0. The highest BCUT2D eigenvalue weighted by atomic mass is 16.5. The molecule has 0 N–H and O–H groups in total. The van der Waals surface area contributed by atoms with Crippen LogP contribution in [-0.2, 0) is 39.6 Å². The van der Waals surface area contributed by atoms with E-state index in [0.717, 1.165) is 33.4 Å². The van der Waals surface area contributed by atoms with Crippen molar-refractivity contribution in [1.82, 2.24) is 0 Å². The van der Waals surface area contributed by atoms with Crippen LogP contribution in [0.4, 0.5) is 0 Å². The van der Waals surface area contributed by atoms with Crippen LogP contribution in [0.5, 0.6) is 34.5 Å². The molecule has 0 heterocycles. The lowest BCUT2D eigenvalue weighted by molar-refractivity contribution is 0.103. The summed E-state index contributed by atoms with van der Waals surface area (Å²) in [7, 11) is 0. The Bertz CT molecular complexity index is 2310. The minimum absolute atomic E-state index is 0.237. The monoisotopic (exact) mass is 818 g/mol. The maximum absolute atomic E-state index is 15.0. The molecule has 0 aromatic heterocycles. The van der Waals surface area contributed by atoms with E-state index in [9.17, 15) is 0 Å². The highest BCUT2D eigenvalue weighted by Crippen LogP contribution is 2.44. The van der Waals surface area contributed by atoms with Gasteiger partial charge in [-0.1, -0.05) is 182 Å². The summed E-state index contributed by atoms with van der Waals surface area (Å²) in [5.41, 5.74) is 6.40. The zero-order valence-electron chi connectivity index (χ0n) is 34.2. The Morgan fingerprint density at radius 1 is 0.274 bits per heavy atom. The fourth-order valence-corrected chi connectivity index (χ4v) is 6.70. The van der Waals surface area contributed by atoms with Gasteiger partial charge in [-0.15, -0.1) is 0 Å². The van der Waals surface area contributed by atoms with Gasteiger partial charge in [-0.05, 0) is 57.6 Å². The number of carbonyl (C=O) groups excluding carboxylic acids is 1. The van der Waals surface area contributed by atoms with Crippen molar-refractivity contribution in [2.75, 3.05) is 0 Å². The predicted molar refractivity (Wildman–Crippen MR) is 241 cm³/mol. The number of benzene rings is 8. The van der Waals surface area contributed by atoms with Crippen LogP contribution in [0.25, 0.3) is 0 Å². The molecule has 7 nitrogen and oxygen atoms in total. The Labute approximate surface area is 362 Å². The molecule has 308 valence electrons. The third kappa shape index (κ3) is 11.3. The molecule has 0 bridgehead atoms. The van der Waals surface area contributed by atoms with Gasteiger partial charge in [-0.3, -0.25) is 4.79 Å². The first kappa shape index (κ1) is 41.0. The van der Waals surface area contributed by atoms with Crippen LogP contribution in [-0.4, -0.2) is 5.78 Å². The number of ether oxygens (including phenoxy) is 6. The van der Waals surface area contributed by atoms with E-state index in [2.05, 4.69) is 0 Å². The summed E-state index contributed by atoms with van der Waals surface area (Å²) in [6.07, 6.45) is 0. The van der Waals surface area contributed by atoms with Gasteiger partial charge in [0.05, 0.1) is 0 Å². The molecule has 8 rings (SSSR count). The van der Waals surface area contributed by atoms with E-state index in [-0.39, 0.29) is 45.4 Å². The number of rotatable bonds is 20. The fraction of sp³-hybridized carbons (Fsp3) is 0.109. The molecular formula is C55H46O7.